The van der Waals surface area contributed by atoms with Gasteiger partial charge in [-0.2, -0.15) is 0 Å². The molecule has 2 rings (SSSR count). The maximum Gasteiger partial charge on any atom is 0.319 e. The summed E-state index contributed by atoms with van der Waals surface area (Å²) in [6.45, 7) is 2.16. The molecule has 1 unspecified atom stereocenters. The molecule has 4 heteroatoms. The Bertz CT molecular complexity index is 552. The third kappa shape index (κ3) is 4.10. The summed E-state index contributed by atoms with van der Waals surface area (Å²) in [5, 5.41) is 15.3. The van der Waals surface area contributed by atoms with E-state index in [1.54, 1.807) is 12.1 Å². The summed E-state index contributed by atoms with van der Waals surface area (Å²) < 4.78 is 0. The van der Waals surface area contributed by atoms with E-state index < -0.39 is 6.10 Å². The third-order valence-corrected chi connectivity index (χ3v) is 2.95. The van der Waals surface area contributed by atoms with E-state index in [1.807, 2.05) is 49.4 Å². The summed E-state index contributed by atoms with van der Waals surface area (Å²) in [4.78, 5) is 11.7. The van der Waals surface area contributed by atoms with Crippen molar-refractivity contribution in [2.24, 2.45) is 0 Å². The number of amides is 2. The Hall–Kier alpha value is -2.33. The van der Waals surface area contributed by atoms with Gasteiger partial charge in [0, 0.05) is 12.2 Å². The van der Waals surface area contributed by atoms with Gasteiger partial charge < -0.3 is 15.7 Å². The summed E-state index contributed by atoms with van der Waals surface area (Å²) >= 11 is 0. The Kier molecular flexibility index (Phi) is 4.74. The number of benzene rings is 2. The molecule has 0 aliphatic carbocycles. The number of hydrogen-bond acceptors (Lipinski definition) is 2. The van der Waals surface area contributed by atoms with Gasteiger partial charge >= 0.3 is 6.03 Å². The SMILES string of the molecule is Cc1ccc(C(O)CNC(=O)Nc2ccccc2)cc1. The highest BCUT2D eigenvalue weighted by molar-refractivity contribution is 5.89. The zero-order valence-electron chi connectivity index (χ0n) is 11.3. The minimum absolute atomic E-state index is 0.168. The van der Waals surface area contributed by atoms with E-state index in [4.69, 9.17) is 0 Å². The normalized spacial score (nSPS) is 11.7. The fraction of sp³-hybridized carbons (Fsp3) is 0.188. The Morgan fingerprint density at radius 1 is 1.10 bits per heavy atom. The molecule has 0 heterocycles. The molecule has 0 spiro atoms. The van der Waals surface area contributed by atoms with E-state index in [0.717, 1.165) is 16.8 Å². The molecule has 0 radical (unpaired) electrons. The van der Waals surface area contributed by atoms with Crippen LogP contribution >= 0.6 is 0 Å². The molecule has 2 aromatic rings. The Morgan fingerprint density at radius 3 is 2.40 bits per heavy atom. The standard InChI is InChI=1S/C16H18N2O2/c1-12-7-9-13(10-8-12)15(19)11-17-16(20)18-14-5-3-2-4-6-14/h2-10,15,19H,11H2,1H3,(H2,17,18,20). The molecule has 20 heavy (non-hydrogen) atoms. The van der Waals surface area contributed by atoms with Gasteiger partial charge in [-0.25, -0.2) is 4.79 Å². The fourth-order valence-corrected chi connectivity index (χ4v) is 1.79. The number of urea groups is 1. The van der Waals surface area contributed by atoms with Crippen LogP contribution in [0.3, 0.4) is 0 Å². The lowest BCUT2D eigenvalue weighted by molar-refractivity contribution is 0.175. The number of hydrogen-bond donors (Lipinski definition) is 3. The van der Waals surface area contributed by atoms with Crippen molar-refractivity contribution in [1.29, 1.82) is 0 Å². The lowest BCUT2D eigenvalue weighted by atomic mass is 10.1. The average Bonchev–Trinajstić information content (AvgIpc) is 2.46. The van der Waals surface area contributed by atoms with Crippen LogP contribution in [0, 0.1) is 6.92 Å². The molecule has 0 aliphatic rings. The van der Waals surface area contributed by atoms with Crippen LogP contribution in [0.5, 0.6) is 0 Å². The van der Waals surface area contributed by atoms with Gasteiger partial charge in [0.15, 0.2) is 0 Å². The summed E-state index contributed by atoms with van der Waals surface area (Å²) in [7, 11) is 0. The van der Waals surface area contributed by atoms with Crippen molar-refractivity contribution >= 4 is 11.7 Å². The first-order valence-corrected chi connectivity index (χ1v) is 6.49. The molecule has 4 nitrogen and oxygen atoms in total. The molecule has 0 saturated heterocycles. The van der Waals surface area contributed by atoms with Crippen LogP contribution in [-0.4, -0.2) is 17.7 Å². The highest BCUT2D eigenvalue weighted by Crippen LogP contribution is 2.12. The summed E-state index contributed by atoms with van der Waals surface area (Å²) in [5.74, 6) is 0. The van der Waals surface area contributed by atoms with Crippen LogP contribution in [0.15, 0.2) is 54.6 Å². The van der Waals surface area contributed by atoms with Crippen molar-refractivity contribution in [3.05, 3.63) is 65.7 Å². The van der Waals surface area contributed by atoms with Gasteiger partial charge in [-0.05, 0) is 24.6 Å². The Labute approximate surface area is 118 Å². The van der Waals surface area contributed by atoms with Crippen molar-refractivity contribution in [3.8, 4) is 0 Å². The van der Waals surface area contributed by atoms with Gasteiger partial charge in [-0.1, -0.05) is 48.0 Å². The smallest absolute Gasteiger partial charge is 0.319 e. The van der Waals surface area contributed by atoms with Gasteiger partial charge in [-0.15, -0.1) is 0 Å². The minimum Gasteiger partial charge on any atom is -0.387 e. The zero-order chi connectivity index (χ0) is 14.4. The van der Waals surface area contributed by atoms with Crippen LogP contribution in [0.4, 0.5) is 10.5 Å². The molecule has 0 bridgehead atoms. The summed E-state index contributed by atoms with van der Waals surface area (Å²) in [6, 6.07) is 16.4. The average molecular weight is 270 g/mol. The van der Waals surface area contributed by atoms with Crippen molar-refractivity contribution in [2.75, 3.05) is 11.9 Å². The zero-order valence-corrected chi connectivity index (χ0v) is 11.3. The highest BCUT2D eigenvalue weighted by Gasteiger charge is 2.09. The molecule has 2 aromatic carbocycles. The van der Waals surface area contributed by atoms with Crippen LogP contribution in [0.2, 0.25) is 0 Å². The molecule has 0 aromatic heterocycles. The number of anilines is 1. The number of aliphatic hydroxyl groups excluding tert-OH is 1. The van der Waals surface area contributed by atoms with Crippen LogP contribution in [0.25, 0.3) is 0 Å². The maximum absolute atomic E-state index is 11.7. The van der Waals surface area contributed by atoms with Crippen LogP contribution < -0.4 is 10.6 Å². The quantitative estimate of drug-likeness (QED) is 0.800. The predicted molar refractivity (Wildman–Crippen MR) is 79.6 cm³/mol. The van der Waals surface area contributed by atoms with E-state index in [0.29, 0.717) is 0 Å². The molecule has 0 aliphatic heterocycles. The molecular weight excluding hydrogens is 252 g/mol. The topological polar surface area (TPSA) is 61.4 Å². The van der Waals surface area contributed by atoms with Gasteiger partial charge in [-0.3, -0.25) is 0 Å². The largest absolute Gasteiger partial charge is 0.387 e. The van der Waals surface area contributed by atoms with Crippen molar-refractivity contribution < 1.29 is 9.90 Å². The molecular formula is C16H18N2O2. The Morgan fingerprint density at radius 2 is 1.75 bits per heavy atom. The molecule has 0 saturated carbocycles. The maximum atomic E-state index is 11.7. The second-order valence-corrected chi connectivity index (χ2v) is 4.63. The first-order chi connectivity index (χ1) is 9.65. The van der Waals surface area contributed by atoms with Gasteiger partial charge in [0.2, 0.25) is 0 Å². The van der Waals surface area contributed by atoms with E-state index in [1.165, 1.54) is 0 Å². The number of nitrogens with one attached hydrogen (secondary N) is 2. The summed E-state index contributed by atoms with van der Waals surface area (Å²) in [6.07, 6.45) is -0.711. The second-order valence-electron chi connectivity index (χ2n) is 4.63. The molecule has 0 fully saturated rings. The first-order valence-electron chi connectivity index (χ1n) is 6.49. The van der Waals surface area contributed by atoms with Crippen molar-refractivity contribution in [1.82, 2.24) is 5.32 Å². The number of carbonyl (C=O) groups is 1. The second kappa shape index (κ2) is 6.73. The van der Waals surface area contributed by atoms with Crippen LogP contribution in [-0.2, 0) is 0 Å². The monoisotopic (exact) mass is 270 g/mol. The summed E-state index contributed by atoms with van der Waals surface area (Å²) in [5.41, 5.74) is 2.64. The minimum atomic E-state index is -0.711. The lowest BCUT2D eigenvalue weighted by Gasteiger charge is -2.13. The first kappa shape index (κ1) is 14.1. The molecule has 3 N–H and O–H groups in total. The lowest BCUT2D eigenvalue weighted by Crippen LogP contribution is -2.32. The Balaban J connectivity index is 1.82. The molecule has 2 amide bonds. The number of aliphatic hydroxyl groups is 1. The molecule has 1 atom stereocenters. The molecule has 104 valence electrons. The van der Waals surface area contributed by atoms with E-state index >= 15 is 0 Å². The van der Waals surface area contributed by atoms with E-state index in [9.17, 15) is 9.90 Å². The van der Waals surface area contributed by atoms with Crippen molar-refractivity contribution in [3.63, 3.8) is 0 Å². The third-order valence-electron chi connectivity index (χ3n) is 2.95. The van der Waals surface area contributed by atoms with Gasteiger partial charge in [0.05, 0.1) is 6.10 Å². The van der Waals surface area contributed by atoms with Crippen LogP contribution in [0.1, 0.15) is 17.2 Å². The highest BCUT2D eigenvalue weighted by atomic mass is 16.3. The van der Waals surface area contributed by atoms with E-state index in [2.05, 4.69) is 10.6 Å². The number of aryl methyl sites for hydroxylation is 1. The number of para-hydroxylation sites is 1. The number of carbonyl (C=O) groups excluding carboxylic acids is 1. The predicted octanol–water partition coefficient (Wildman–Crippen LogP) is 2.85. The van der Waals surface area contributed by atoms with E-state index in [-0.39, 0.29) is 12.6 Å². The van der Waals surface area contributed by atoms with Gasteiger partial charge in [0.25, 0.3) is 0 Å². The van der Waals surface area contributed by atoms with Crippen molar-refractivity contribution in [2.45, 2.75) is 13.0 Å². The van der Waals surface area contributed by atoms with Gasteiger partial charge in [0.1, 0.15) is 0 Å². The number of rotatable bonds is 4. The fourth-order valence-electron chi connectivity index (χ4n) is 1.79.